The lowest BCUT2D eigenvalue weighted by Gasteiger charge is -2.13. The molecule has 2 N–H and O–H groups in total. The van der Waals surface area contributed by atoms with E-state index in [9.17, 15) is 13.9 Å². The van der Waals surface area contributed by atoms with E-state index in [1.807, 2.05) is 27.7 Å². The summed E-state index contributed by atoms with van der Waals surface area (Å²) in [6.45, 7) is 7.56. The number of carbonyl (C=O) groups excluding carboxylic acids is 1. The number of rotatable bonds is 10. The molecule has 0 fully saturated rings. The number of aromatic nitrogens is 6. The fourth-order valence-corrected chi connectivity index (χ4v) is 7.50. The van der Waals surface area contributed by atoms with E-state index in [2.05, 4.69) is 29.9 Å². The van der Waals surface area contributed by atoms with Crippen LogP contribution in [0.15, 0.2) is 59.1 Å². The number of aromatic amines is 2. The van der Waals surface area contributed by atoms with Crippen molar-refractivity contribution < 1.29 is 32.8 Å². The van der Waals surface area contributed by atoms with Gasteiger partial charge in [0.1, 0.15) is 23.0 Å². The Balaban J connectivity index is 1.10. The van der Waals surface area contributed by atoms with Crippen molar-refractivity contribution in [2.75, 3.05) is 14.2 Å². The minimum Gasteiger partial charge on any atom is -0.609 e. The van der Waals surface area contributed by atoms with Gasteiger partial charge in [-0.15, -0.1) is 0 Å². The highest BCUT2D eigenvalue weighted by molar-refractivity contribution is 7.90. The first-order chi connectivity index (χ1) is 23.0. The van der Waals surface area contributed by atoms with E-state index in [1.165, 1.54) is 0 Å². The third kappa shape index (κ3) is 6.75. The third-order valence-corrected chi connectivity index (χ3v) is 10.1. The molecule has 0 aliphatic rings. The number of nitrogens with one attached hydrogen (secondary N) is 2. The number of fused-ring (bicyclic) bond motifs is 2. The summed E-state index contributed by atoms with van der Waals surface area (Å²) < 4.78 is 48.0. The molecule has 4 aromatic heterocycles. The normalized spacial score (nSPS) is 12.7. The monoisotopic (exact) mass is 688 g/mol. The van der Waals surface area contributed by atoms with Crippen LogP contribution in [0.5, 0.6) is 23.0 Å². The molecular weight excluding hydrogens is 657 g/mol. The molecule has 48 heavy (non-hydrogen) atoms. The van der Waals surface area contributed by atoms with Crippen molar-refractivity contribution in [3.8, 4) is 23.0 Å². The molecular formula is C33H32N6O7S2. The van der Waals surface area contributed by atoms with E-state index in [1.54, 1.807) is 63.0 Å². The van der Waals surface area contributed by atoms with Gasteiger partial charge in [-0.1, -0.05) is 0 Å². The third-order valence-electron chi connectivity index (χ3n) is 7.73. The first kappa shape index (κ1) is 33.1. The summed E-state index contributed by atoms with van der Waals surface area (Å²) in [5.41, 5.74) is 6.90. The smallest absolute Gasteiger partial charge is 0.519 e. The van der Waals surface area contributed by atoms with Crippen molar-refractivity contribution in [3.05, 3.63) is 82.4 Å². The Morgan fingerprint density at radius 1 is 0.708 bits per heavy atom. The minimum absolute atomic E-state index is 0.147. The van der Waals surface area contributed by atoms with E-state index in [0.717, 1.165) is 22.3 Å². The Kier molecular flexibility index (Phi) is 9.46. The van der Waals surface area contributed by atoms with Crippen LogP contribution in [0.1, 0.15) is 33.6 Å². The molecule has 6 aromatic rings. The maximum absolute atomic E-state index is 13.1. The Morgan fingerprint density at radius 3 is 1.52 bits per heavy atom. The predicted octanol–water partition coefficient (Wildman–Crippen LogP) is 5.67. The van der Waals surface area contributed by atoms with Crippen molar-refractivity contribution >= 4 is 50.6 Å². The standard InChI is InChI=1S/C33H32N6O7S2/c1-17-13-34-27(19(3)29(17)43-5)15-47(41)31-36-23-9-7-21(11-25(23)38-31)45-33(40)46-22-8-10-24-26(12-22)39-32(37-24)48(42)16-28-20(4)30(44-6)18(2)14-35-28/h7-14H,15-16H2,1-6H3,(H,36,38)(H,37,39). The number of pyridine rings is 2. The predicted molar refractivity (Wildman–Crippen MR) is 180 cm³/mol. The molecule has 6 rings (SSSR count). The van der Waals surface area contributed by atoms with Gasteiger partial charge in [0.05, 0.1) is 47.7 Å². The molecule has 0 radical (unpaired) electrons. The van der Waals surface area contributed by atoms with Crippen LogP contribution in [0.4, 0.5) is 4.79 Å². The van der Waals surface area contributed by atoms with Crippen molar-refractivity contribution in [2.45, 2.75) is 49.5 Å². The molecule has 0 aliphatic carbocycles. The molecule has 15 heteroatoms. The summed E-state index contributed by atoms with van der Waals surface area (Å²) >= 11 is -3.04. The number of benzene rings is 2. The van der Waals surface area contributed by atoms with E-state index < -0.39 is 28.5 Å². The molecule has 2 atom stereocenters. The van der Waals surface area contributed by atoms with Crippen LogP contribution in [0.2, 0.25) is 0 Å². The number of ether oxygens (including phenoxy) is 4. The summed E-state index contributed by atoms with van der Waals surface area (Å²) in [4.78, 5) is 36.6. The van der Waals surface area contributed by atoms with Gasteiger partial charge in [0.2, 0.25) is 0 Å². The molecule has 0 saturated heterocycles. The van der Waals surface area contributed by atoms with Gasteiger partial charge in [0, 0.05) is 69.1 Å². The summed E-state index contributed by atoms with van der Waals surface area (Å²) in [5.74, 6) is 2.09. The Hall–Kier alpha value is -4.83. The molecule has 4 heterocycles. The van der Waals surface area contributed by atoms with Gasteiger partial charge in [0.25, 0.3) is 0 Å². The highest BCUT2D eigenvalue weighted by atomic mass is 32.2. The largest absolute Gasteiger partial charge is 0.609 e. The molecule has 13 nitrogen and oxygen atoms in total. The van der Waals surface area contributed by atoms with Crippen LogP contribution in [-0.2, 0) is 33.9 Å². The second kappa shape index (κ2) is 13.7. The van der Waals surface area contributed by atoms with Gasteiger partial charge < -0.3 is 28.1 Å². The quantitative estimate of drug-likeness (QED) is 0.103. The number of nitrogens with zero attached hydrogens (tertiary/aromatic N) is 4. The zero-order chi connectivity index (χ0) is 34.1. The van der Waals surface area contributed by atoms with Crippen LogP contribution in [0.25, 0.3) is 22.1 Å². The number of hydrogen-bond donors (Lipinski definition) is 2. The molecule has 0 amide bonds. The SMILES string of the molecule is COc1c(C)cnc(C[S+]([O-])c2nc3cc(OC(=O)Oc4ccc5[nH]c([S+]([O-])Cc6ncc(C)c(OC)c6C)nc5c4)ccc3[nH]2)c1C. The van der Waals surface area contributed by atoms with Crippen molar-refractivity contribution in [1.29, 1.82) is 0 Å². The maximum Gasteiger partial charge on any atom is 0.519 e. The second-order valence-corrected chi connectivity index (χ2v) is 13.7. The lowest BCUT2D eigenvalue weighted by Crippen LogP contribution is -2.13. The number of hydrogen-bond acceptors (Lipinski definition) is 11. The first-order valence-electron chi connectivity index (χ1n) is 14.7. The molecule has 0 spiro atoms. The molecule has 0 bridgehead atoms. The summed E-state index contributed by atoms with van der Waals surface area (Å²) in [6.07, 6.45) is 2.41. The number of H-pyrrole nitrogens is 2. The van der Waals surface area contributed by atoms with Gasteiger partial charge >= 0.3 is 16.5 Å². The fraction of sp³-hybridized carbons (Fsp3) is 0.242. The minimum atomic E-state index is -1.52. The lowest BCUT2D eigenvalue weighted by atomic mass is 10.1. The van der Waals surface area contributed by atoms with Gasteiger partial charge in [-0.2, -0.15) is 9.97 Å². The van der Waals surface area contributed by atoms with Crippen molar-refractivity contribution in [1.82, 2.24) is 29.9 Å². The number of carbonyl (C=O) groups is 1. The Bertz CT molecular complexity index is 2000. The van der Waals surface area contributed by atoms with E-state index in [0.29, 0.717) is 45.0 Å². The van der Waals surface area contributed by atoms with Gasteiger partial charge in [-0.25, -0.2) is 4.79 Å². The first-order valence-corrected chi connectivity index (χ1v) is 17.3. The van der Waals surface area contributed by atoms with E-state index >= 15 is 0 Å². The fourth-order valence-electron chi connectivity index (χ4n) is 5.30. The molecule has 248 valence electrons. The van der Waals surface area contributed by atoms with E-state index in [-0.39, 0.29) is 33.3 Å². The van der Waals surface area contributed by atoms with Crippen LogP contribution in [-0.4, -0.2) is 59.4 Å². The van der Waals surface area contributed by atoms with E-state index in [4.69, 9.17) is 18.9 Å². The average molecular weight is 689 g/mol. The van der Waals surface area contributed by atoms with Gasteiger partial charge in [0.15, 0.2) is 11.5 Å². The van der Waals surface area contributed by atoms with Gasteiger partial charge in [-0.05, 0) is 52.0 Å². The Labute approximate surface area is 281 Å². The molecule has 2 aromatic carbocycles. The number of imidazole rings is 2. The molecule has 2 unspecified atom stereocenters. The number of methoxy groups -OCH3 is 2. The average Bonchev–Trinajstić information content (AvgIpc) is 3.68. The maximum atomic E-state index is 13.1. The van der Waals surface area contributed by atoms with Crippen molar-refractivity contribution in [3.63, 3.8) is 0 Å². The molecule has 0 aliphatic heterocycles. The topological polar surface area (TPSA) is 183 Å². The van der Waals surface area contributed by atoms with Crippen LogP contribution in [0.3, 0.4) is 0 Å². The highest BCUT2D eigenvalue weighted by Gasteiger charge is 2.23. The lowest BCUT2D eigenvalue weighted by molar-refractivity contribution is 0.152. The van der Waals surface area contributed by atoms with Crippen LogP contribution >= 0.6 is 0 Å². The summed E-state index contributed by atoms with van der Waals surface area (Å²) in [6, 6.07) is 9.58. The van der Waals surface area contributed by atoms with Crippen LogP contribution < -0.4 is 18.9 Å². The summed E-state index contributed by atoms with van der Waals surface area (Å²) in [7, 11) is 3.18. The zero-order valence-corrected chi connectivity index (χ0v) is 28.6. The number of aryl methyl sites for hydroxylation is 2. The Morgan fingerprint density at radius 2 is 1.12 bits per heavy atom. The zero-order valence-electron chi connectivity index (χ0n) is 27.0. The summed E-state index contributed by atoms with van der Waals surface area (Å²) in [5, 5.41) is 0.533. The second-order valence-electron chi connectivity index (χ2n) is 11.0. The molecule has 0 saturated carbocycles. The highest BCUT2D eigenvalue weighted by Crippen LogP contribution is 2.29. The van der Waals surface area contributed by atoms with Gasteiger partial charge in [-0.3, -0.25) is 19.9 Å². The van der Waals surface area contributed by atoms with Crippen LogP contribution in [0, 0.1) is 27.7 Å². The van der Waals surface area contributed by atoms with Crippen molar-refractivity contribution in [2.24, 2.45) is 0 Å².